The van der Waals surface area contributed by atoms with Crippen molar-refractivity contribution in [2.24, 2.45) is 5.92 Å². The second kappa shape index (κ2) is 8.80. The van der Waals surface area contributed by atoms with Crippen molar-refractivity contribution < 1.29 is 24.2 Å². The van der Waals surface area contributed by atoms with Gasteiger partial charge in [-0.3, -0.25) is 4.79 Å². The number of thioether (sulfide) groups is 1. The number of esters is 1. The third-order valence-corrected chi connectivity index (χ3v) is 6.28. The number of aliphatic hydroxyl groups is 1. The molecule has 0 aromatic rings. The molecule has 3 aliphatic rings. The van der Waals surface area contributed by atoms with Gasteiger partial charge in [0.2, 0.25) is 0 Å². The lowest BCUT2D eigenvalue weighted by molar-refractivity contribution is -0.283. The van der Waals surface area contributed by atoms with E-state index in [1.165, 1.54) is 0 Å². The molecule has 0 saturated carbocycles. The van der Waals surface area contributed by atoms with Crippen LogP contribution in [0.3, 0.4) is 0 Å². The number of nitrogens with one attached hydrogen (secondary N) is 1. The van der Waals surface area contributed by atoms with Crippen molar-refractivity contribution >= 4 is 23.0 Å². The first-order valence-electron chi connectivity index (χ1n) is 9.72. The fourth-order valence-electron chi connectivity index (χ4n) is 3.86. The zero-order valence-corrected chi connectivity index (χ0v) is 16.8. The summed E-state index contributed by atoms with van der Waals surface area (Å²) in [6.07, 6.45) is 9.42. The van der Waals surface area contributed by atoms with Gasteiger partial charge in [0.25, 0.3) is 5.24 Å². The summed E-state index contributed by atoms with van der Waals surface area (Å²) < 4.78 is 11.7. The number of fused-ring (bicyclic) bond motifs is 2. The Labute approximate surface area is 164 Å². The molecule has 0 aromatic carbocycles. The predicted octanol–water partition coefficient (Wildman–Crippen LogP) is 3.30. The normalized spacial score (nSPS) is 38.6. The highest BCUT2D eigenvalue weighted by Crippen LogP contribution is 2.37. The fraction of sp³-hybridized carbons (Fsp3) is 0.700. The number of hydrogen-bond donors (Lipinski definition) is 2. The van der Waals surface area contributed by atoms with Crippen molar-refractivity contribution in [3.63, 3.8) is 0 Å². The van der Waals surface area contributed by atoms with Gasteiger partial charge in [-0.25, -0.2) is 4.79 Å². The molecule has 3 heterocycles. The van der Waals surface area contributed by atoms with E-state index in [2.05, 4.69) is 24.4 Å². The largest absolute Gasteiger partial charge is 0.459 e. The number of carbonyl (C=O) groups excluding carboxylic acids is 2. The van der Waals surface area contributed by atoms with E-state index in [-0.39, 0.29) is 23.7 Å². The maximum Gasteiger partial charge on any atom is 0.330 e. The van der Waals surface area contributed by atoms with Crippen LogP contribution in [0.5, 0.6) is 0 Å². The molecule has 2 bridgehead atoms. The van der Waals surface area contributed by atoms with E-state index >= 15 is 0 Å². The van der Waals surface area contributed by atoms with Crippen LogP contribution < -0.4 is 5.32 Å². The van der Waals surface area contributed by atoms with E-state index < -0.39 is 17.9 Å². The molecule has 3 rings (SSSR count). The molecule has 0 aliphatic carbocycles. The number of rotatable bonds is 1. The number of hydrogen-bond acceptors (Lipinski definition) is 6. The van der Waals surface area contributed by atoms with Crippen LogP contribution in [0.15, 0.2) is 23.8 Å². The Morgan fingerprint density at radius 2 is 2.11 bits per heavy atom. The van der Waals surface area contributed by atoms with Gasteiger partial charge in [0.05, 0.1) is 12.1 Å². The van der Waals surface area contributed by atoms with Gasteiger partial charge in [0.15, 0.2) is 5.79 Å². The molecule has 2 fully saturated rings. The van der Waals surface area contributed by atoms with Crippen molar-refractivity contribution in [2.75, 3.05) is 5.75 Å². The van der Waals surface area contributed by atoms with Crippen LogP contribution in [0.2, 0.25) is 0 Å². The standard InChI is InChI=1S/C20H29NO5S/c1-13-5-3-4-6-14(2)9-18(22)25-16-10-15(8-7-13)26-20(24,11-16)17-12-27-19(23)21-17/h3,5,9,13,15-17,24H,4,6-8,10-12H2,1-2H3,(H,21,23)/t13-,15-,16-,17?,20-/m1/s1. The summed E-state index contributed by atoms with van der Waals surface area (Å²) in [6, 6.07) is -0.493. The Hall–Kier alpha value is -1.31. The van der Waals surface area contributed by atoms with Crippen LogP contribution in [0.4, 0.5) is 4.79 Å². The minimum absolute atomic E-state index is 0.160. The fourth-order valence-corrected chi connectivity index (χ4v) is 4.75. The molecule has 0 spiro atoms. The van der Waals surface area contributed by atoms with Crippen LogP contribution in [0.1, 0.15) is 52.4 Å². The van der Waals surface area contributed by atoms with Gasteiger partial charge in [-0.05, 0) is 38.5 Å². The van der Waals surface area contributed by atoms with Crippen LogP contribution in [0.25, 0.3) is 0 Å². The van der Waals surface area contributed by atoms with E-state index in [4.69, 9.17) is 9.47 Å². The predicted molar refractivity (Wildman–Crippen MR) is 104 cm³/mol. The molecule has 0 radical (unpaired) electrons. The van der Waals surface area contributed by atoms with Gasteiger partial charge in [-0.2, -0.15) is 0 Å². The molecule has 27 heavy (non-hydrogen) atoms. The molecule has 1 amide bonds. The van der Waals surface area contributed by atoms with Gasteiger partial charge in [-0.1, -0.05) is 36.4 Å². The molecule has 3 aliphatic heterocycles. The van der Waals surface area contributed by atoms with E-state index in [0.29, 0.717) is 18.1 Å². The summed E-state index contributed by atoms with van der Waals surface area (Å²) in [6.45, 7) is 4.10. The molecule has 2 saturated heterocycles. The number of allylic oxidation sites excluding steroid dienone is 3. The quantitative estimate of drug-likeness (QED) is 0.523. The van der Waals surface area contributed by atoms with Gasteiger partial charge in [0.1, 0.15) is 6.10 Å². The third kappa shape index (κ3) is 5.59. The van der Waals surface area contributed by atoms with Crippen molar-refractivity contribution in [2.45, 2.75) is 76.4 Å². The summed E-state index contributed by atoms with van der Waals surface area (Å²) in [4.78, 5) is 23.9. The SMILES string of the molecule is CC1=CC(=O)O[C@@H]2C[C@@H](CC[C@H](C)C=CCC1)O[C@@](O)(C1CSC(=O)N1)C2. The Bertz CT molecular complexity index is 634. The highest BCUT2D eigenvalue weighted by Gasteiger charge is 2.49. The van der Waals surface area contributed by atoms with Crippen LogP contribution in [0, 0.1) is 5.92 Å². The lowest BCUT2D eigenvalue weighted by Crippen LogP contribution is -2.58. The summed E-state index contributed by atoms with van der Waals surface area (Å²) >= 11 is 1.14. The number of ether oxygens (including phenoxy) is 2. The molecule has 2 N–H and O–H groups in total. The van der Waals surface area contributed by atoms with Crippen molar-refractivity contribution in [3.05, 3.63) is 23.8 Å². The smallest absolute Gasteiger partial charge is 0.330 e. The van der Waals surface area contributed by atoms with Gasteiger partial charge in [-0.15, -0.1) is 0 Å². The number of carbonyl (C=O) groups is 2. The lowest BCUT2D eigenvalue weighted by Gasteiger charge is -2.43. The van der Waals surface area contributed by atoms with E-state index in [1.807, 2.05) is 6.92 Å². The second-order valence-electron chi connectivity index (χ2n) is 7.89. The first kappa shape index (κ1) is 20.4. The highest BCUT2D eigenvalue weighted by atomic mass is 32.2. The molecule has 5 atom stereocenters. The summed E-state index contributed by atoms with van der Waals surface area (Å²) in [5, 5.41) is 13.7. The Morgan fingerprint density at radius 3 is 2.85 bits per heavy atom. The average molecular weight is 396 g/mol. The molecule has 0 aromatic heterocycles. The number of amides is 1. The van der Waals surface area contributed by atoms with Crippen LogP contribution in [-0.2, 0) is 14.3 Å². The van der Waals surface area contributed by atoms with E-state index in [1.54, 1.807) is 6.08 Å². The molecule has 7 heteroatoms. The molecular weight excluding hydrogens is 366 g/mol. The molecule has 150 valence electrons. The Balaban J connectivity index is 1.78. The molecule has 6 nitrogen and oxygen atoms in total. The van der Waals surface area contributed by atoms with Crippen LogP contribution >= 0.6 is 11.8 Å². The van der Waals surface area contributed by atoms with Crippen LogP contribution in [-0.4, -0.2) is 46.1 Å². The minimum Gasteiger partial charge on any atom is -0.459 e. The van der Waals surface area contributed by atoms with Crippen molar-refractivity contribution in [1.82, 2.24) is 5.32 Å². The third-order valence-electron chi connectivity index (χ3n) is 5.40. The van der Waals surface area contributed by atoms with Gasteiger partial charge < -0.3 is 19.9 Å². The zero-order valence-electron chi connectivity index (χ0n) is 16.0. The zero-order chi connectivity index (χ0) is 19.4. The maximum atomic E-state index is 12.3. The molecule has 1 unspecified atom stereocenters. The molecular formula is C20H29NO5S. The van der Waals surface area contributed by atoms with E-state index in [0.717, 1.165) is 43.0 Å². The summed E-state index contributed by atoms with van der Waals surface area (Å²) in [7, 11) is 0. The van der Waals surface area contributed by atoms with Crippen molar-refractivity contribution in [3.8, 4) is 0 Å². The Morgan fingerprint density at radius 1 is 1.30 bits per heavy atom. The summed E-state index contributed by atoms with van der Waals surface area (Å²) in [5.74, 6) is -1.03. The summed E-state index contributed by atoms with van der Waals surface area (Å²) in [5.41, 5.74) is 0.979. The maximum absolute atomic E-state index is 12.3. The van der Waals surface area contributed by atoms with E-state index in [9.17, 15) is 14.7 Å². The monoisotopic (exact) mass is 395 g/mol. The topological polar surface area (TPSA) is 84.9 Å². The first-order chi connectivity index (χ1) is 12.8. The highest BCUT2D eigenvalue weighted by molar-refractivity contribution is 8.14. The van der Waals surface area contributed by atoms with Crippen molar-refractivity contribution in [1.29, 1.82) is 0 Å². The lowest BCUT2D eigenvalue weighted by atomic mass is 9.90. The average Bonchev–Trinajstić information content (AvgIpc) is 3.03. The minimum atomic E-state index is -1.51. The Kier molecular flexibility index (Phi) is 6.65. The van der Waals surface area contributed by atoms with Gasteiger partial charge >= 0.3 is 5.97 Å². The second-order valence-corrected chi connectivity index (χ2v) is 8.88. The van der Waals surface area contributed by atoms with Gasteiger partial charge in [0, 0.05) is 24.7 Å². The first-order valence-corrected chi connectivity index (χ1v) is 10.7.